The van der Waals surface area contributed by atoms with Crippen LogP contribution >= 0.6 is 0 Å². The molecule has 1 rings (SSSR count). The summed E-state index contributed by atoms with van der Waals surface area (Å²) in [5.41, 5.74) is 8.62. The number of benzene rings is 1. The summed E-state index contributed by atoms with van der Waals surface area (Å²) in [5, 5.41) is 8.64. The first kappa shape index (κ1) is 12.4. The predicted molar refractivity (Wildman–Crippen MR) is 58.6 cm³/mol. The zero-order valence-electron chi connectivity index (χ0n) is 8.72. The van der Waals surface area contributed by atoms with Gasteiger partial charge in [-0.2, -0.15) is 0 Å². The van der Waals surface area contributed by atoms with E-state index >= 15 is 0 Å². The fourth-order valence-electron chi connectivity index (χ4n) is 1.19. The summed E-state index contributed by atoms with van der Waals surface area (Å²) in [5.74, 6) is 4.70. The zero-order valence-corrected chi connectivity index (χ0v) is 8.72. The van der Waals surface area contributed by atoms with Crippen molar-refractivity contribution in [1.29, 1.82) is 0 Å². The standard InChI is InChI=1S/C10H15N3O3/c11-9(10(14)15)5-7-1-3-8(4-2-7)16-6-13-12/h1-4,9,13H,5-6,11-12H2,(H,14,15). The Balaban J connectivity index is 2.54. The number of carboxylic acids is 1. The van der Waals surface area contributed by atoms with Crippen LogP contribution in [0.15, 0.2) is 24.3 Å². The third kappa shape index (κ3) is 3.85. The van der Waals surface area contributed by atoms with Gasteiger partial charge in [-0.25, -0.2) is 5.43 Å². The van der Waals surface area contributed by atoms with E-state index in [1.165, 1.54) is 0 Å². The molecule has 16 heavy (non-hydrogen) atoms. The molecule has 0 bridgehead atoms. The monoisotopic (exact) mass is 225 g/mol. The maximum Gasteiger partial charge on any atom is 0.320 e. The number of ether oxygens (including phenoxy) is 1. The number of nitrogens with two attached hydrogens (primary N) is 2. The lowest BCUT2D eigenvalue weighted by atomic mass is 10.1. The fraction of sp³-hybridized carbons (Fsp3) is 0.300. The summed E-state index contributed by atoms with van der Waals surface area (Å²) in [6, 6.07) is 6.14. The second kappa shape index (κ2) is 6.06. The summed E-state index contributed by atoms with van der Waals surface area (Å²) in [6.07, 6.45) is 0.296. The van der Waals surface area contributed by atoms with Crippen LogP contribution in [0.1, 0.15) is 5.56 Å². The van der Waals surface area contributed by atoms with Crippen LogP contribution in [0.25, 0.3) is 0 Å². The van der Waals surface area contributed by atoms with Crippen molar-refractivity contribution in [3.8, 4) is 5.75 Å². The average molecular weight is 225 g/mol. The van der Waals surface area contributed by atoms with E-state index in [9.17, 15) is 4.79 Å². The maximum absolute atomic E-state index is 10.5. The van der Waals surface area contributed by atoms with Gasteiger partial charge in [0.25, 0.3) is 0 Å². The molecule has 6 N–H and O–H groups in total. The van der Waals surface area contributed by atoms with Gasteiger partial charge in [-0.3, -0.25) is 10.6 Å². The topological polar surface area (TPSA) is 111 Å². The molecule has 0 spiro atoms. The van der Waals surface area contributed by atoms with Gasteiger partial charge < -0.3 is 15.6 Å². The minimum atomic E-state index is -1.01. The van der Waals surface area contributed by atoms with Crippen LogP contribution in [0, 0.1) is 0 Å². The van der Waals surface area contributed by atoms with E-state index in [0.29, 0.717) is 12.2 Å². The molecule has 0 fully saturated rings. The molecule has 0 aliphatic rings. The largest absolute Gasteiger partial charge is 0.480 e. The second-order valence-corrected chi connectivity index (χ2v) is 3.29. The van der Waals surface area contributed by atoms with Crippen LogP contribution in [-0.4, -0.2) is 23.8 Å². The number of aliphatic carboxylic acids is 1. The van der Waals surface area contributed by atoms with Gasteiger partial charge in [-0.15, -0.1) is 0 Å². The Morgan fingerprint density at radius 1 is 1.44 bits per heavy atom. The van der Waals surface area contributed by atoms with E-state index < -0.39 is 12.0 Å². The molecule has 0 radical (unpaired) electrons. The van der Waals surface area contributed by atoms with E-state index in [4.69, 9.17) is 21.4 Å². The molecule has 0 aliphatic carbocycles. The molecule has 88 valence electrons. The number of nitrogens with one attached hydrogen (secondary N) is 1. The van der Waals surface area contributed by atoms with E-state index in [1.807, 2.05) is 0 Å². The van der Waals surface area contributed by atoms with Crippen molar-refractivity contribution in [2.45, 2.75) is 12.5 Å². The molecule has 0 saturated carbocycles. The molecule has 0 saturated heterocycles. The summed E-state index contributed by atoms with van der Waals surface area (Å²) >= 11 is 0. The van der Waals surface area contributed by atoms with Gasteiger partial charge in [-0.05, 0) is 24.1 Å². The molecule has 0 aromatic heterocycles. The third-order valence-electron chi connectivity index (χ3n) is 2.02. The van der Waals surface area contributed by atoms with Gasteiger partial charge in [0.1, 0.15) is 11.8 Å². The highest BCUT2D eigenvalue weighted by Gasteiger charge is 2.11. The van der Waals surface area contributed by atoms with Crippen molar-refractivity contribution in [2.75, 3.05) is 6.73 Å². The van der Waals surface area contributed by atoms with Crippen LogP contribution in [0.3, 0.4) is 0 Å². The predicted octanol–water partition coefficient (Wildman–Crippen LogP) is -0.559. The molecule has 6 heteroatoms. The molecule has 0 amide bonds. The van der Waals surface area contributed by atoms with Crippen LogP contribution in [0.2, 0.25) is 0 Å². The van der Waals surface area contributed by atoms with Crippen molar-refractivity contribution in [2.24, 2.45) is 11.6 Å². The summed E-state index contributed by atoms with van der Waals surface area (Å²) < 4.78 is 5.18. The number of carbonyl (C=O) groups is 1. The Labute approximate surface area is 93.2 Å². The van der Waals surface area contributed by atoms with Gasteiger partial charge >= 0.3 is 5.97 Å². The summed E-state index contributed by atoms with van der Waals surface area (Å²) in [6.45, 7) is 0.216. The van der Waals surface area contributed by atoms with Crippen LogP contribution < -0.4 is 21.7 Å². The van der Waals surface area contributed by atoms with Crippen molar-refractivity contribution in [1.82, 2.24) is 5.43 Å². The Kier molecular flexibility index (Phi) is 4.71. The minimum absolute atomic E-state index is 0.216. The van der Waals surface area contributed by atoms with Crippen molar-refractivity contribution in [3.05, 3.63) is 29.8 Å². The highest BCUT2D eigenvalue weighted by Crippen LogP contribution is 2.12. The molecule has 1 unspecified atom stereocenters. The lowest BCUT2D eigenvalue weighted by Crippen LogP contribution is -2.32. The SMILES string of the molecule is NNCOc1ccc(CC(N)C(=O)O)cc1. The van der Waals surface area contributed by atoms with Crippen LogP contribution in [0.5, 0.6) is 5.75 Å². The zero-order chi connectivity index (χ0) is 12.0. The highest BCUT2D eigenvalue weighted by atomic mass is 16.5. The first-order valence-corrected chi connectivity index (χ1v) is 4.77. The maximum atomic E-state index is 10.5. The fourth-order valence-corrected chi connectivity index (χ4v) is 1.19. The third-order valence-corrected chi connectivity index (χ3v) is 2.02. The highest BCUT2D eigenvalue weighted by molar-refractivity contribution is 5.73. The summed E-state index contributed by atoms with van der Waals surface area (Å²) in [4.78, 5) is 10.5. The van der Waals surface area contributed by atoms with Gasteiger partial charge in [0, 0.05) is 0 Å². The van der Waals surface area contributed by atoms with Crippen LogP contribution in [0.4, 0.5) is 0 Å². The first-order chi connectivity index (χ1) is 7.63. The van der Waals surface area contributed by atoms with Crippen molar-refractivity contribution >= 4 is 5.97 Å². The lowest BCUT2D eigenvalue weighted by molar-refractivity contribution is -0.138. The Morgan fingerprint density at radius 2 is 2.06 bits per heavy atom. The summed E-state index contributed by atoms with van der Waals surface area (Å²) in [7, 11) is 0. The first-order valence-electron chi connectivity index (χ1n) is 4.77. The molecule has 0 aliphatic heterocycles. The van der Waals surface area contributed by atoms with E-state index in [-0.39, 0.29) is 6.73 Å². The van der Waals surface area contributed by atoms with Crippen molar-refractivity contribution < 1.29 is 14.6 Å². The molecular formula is C10H15N3O3. The molecule has 1 aromatic rings. The van der Waals surface area contributed by atoms with E-state index in [1.54, 1.807) is 24.3 Å². The number of hydrogen-bond donors (Lipinski definition) is 4. The molecule has 0 heterocycles. The van der Waals surface area contributed by atoms with E-state index in [2.05, 4.69) is 5.43 Å². The van der Waals surface area contributed by atoms with Gasteiger partial charge in [0.2, 0.25) is 0 Å². The number of hydrogen-bond acceptors (Lipinski definition) is 5. The lowest BCUT2D eigenvalue weighted by Gasteiger charge is -2.08. The second-order valence-electron chi connectivity index (χ2n) is 3.29. The van der Waals surface area contributed by atoms with Crippen molar-refractivity contribution in [3.63, 3.8) is 0 Å². The Morgan fingerprint density at radius 3 is 2.56 bits per heavy atom. The number of hydrazine groups is 1. The number of carboxylic acid groups (broad SMARTS) is 1. The van der Waals surface area contributed by atoms with Gasteiger partial charge in [0.15, 0.2) is 6.73 Å². The molecule has 1 atom stereocenters. The Bertz CT molecular complexity index is 340. The minimum Gasteiger partial charge on any atom is -0.480 e. The number of rotatable bonds is 6. The average Bonchev–Trinajstić information content (AvgIpc) is 2.28. The molecule has 1 aromatic carbocycles. The van der Waals surface area contributed by atoms with E-state index in [0.717, 1.165) is 5.56 Å². The molecule has 6 nitrogen and oxygen atoms in total. The van der Waals surface area contributed by atoms with Crippen LogP contribution in [-0.2, 0) is 11.2 Å². The molecular weight excluding hydrogens is 210 g/mol. The smallest absolute Gasteiger partial charge is 0.320 e. The Hall–Kier alpha value is -1.63. The van der Waals surface area contributed by atoms with Gasteiger partial charge in [0.05, 0.1) is 0 Å². The normalized spacial score (nSPS) is 12.1. The van der Waals surface area contributed by atoms with Gasteiger partial charge in [-0.1, -0.05) is 12.1 Å². The quantitative estimate of drug-likeness (QED) is 0.293.